The minimum atomic E-state index is -0.515. The zero-order valence-corrected chi connectivity index (χ0v) is 59.7. The van der Waals surface area contributed by atoms with Crippen molar-refractivity contribution in [3.63, 3.8) is 0 Å². The molecular formula is C78H90N20O7. The lowest BCUT2D eigenvalue weighted by Gasteiger charge is -2.33. The van der Waals surface area contributed by atoms with E-state index in [0.29, 0.717) is 74.5 Å². The molecule has 544 valence electrons. The molecule has 27 nitrogen and oxygen atoms in total. The molecule has 17 rings (SSSR count). The second-order valence-corrected chi connectivity index (χ2v) is 27.1. The number of nitrogens with zero attached hydrogens (tertiary/aromatic N) is 19. The van der Waals surface area contributed by atoms with Gasteiger partial charge < -0.3 is 48.4 Å². The Morgan fingerprint density at radius 2 is 0.857 bits per heavy atom. The Hall–Kier alpha value is -10.7. The van der Waals surface area contributed by atoms with Gasteiger partial charge in [0.2, 0.25) is 0 Å². The number of carbonyl (C=O) groups is 1. The van der Waals surface area contributed by atoms with Crippen molar-refractivity contribution in [2.24, 2.45) is 0 Å². The summed E-state index contributed by atoms with van der Waals surface area (Å²) < 4.78 is 33.0. The molecule has 0 saturated carbocycles. The lowest BCUT2D eigenvalue weighted by atomic mass is 10.0. The Morgan fingerprint density at radius 3 is 1.28 bits per heavy atom. The van der Waals surface area contributed by atoms with Crippen molar-refractivity contribution in [1.82, 2.24) is 78.9 Å². The number of methoxy groups -OCH3 is 2. The van der Waals surface area contributed by atoms with Gasteiger partial charge in [0.1, 0.15) is 23.2 Å². The van der Waals surface area contributed by atoms with Gasteiger partial charge in [-0.15, -0.1) is 0 Å². The van der Waals surface area contributed by atoms with Crippen LogP contribution >= 0.6 is 0 Å². The maximum absolute atomic E-state index is 11.5. The van der Waals surface area contributed by atoms with E-state index in [9.17, 15) is 9.90 Å². The summed E-state index contributed by atoms with van der Waals surface area (Å²) in [5.74, 6) is 5.42. The van der Waals surface area contributed by atoms with Crippen LogP contribution in [0.1, 0.15) is 67.8 Å². The van der Waals surface area contributed by atoms with E-state index in [4.69, 9.17) is 64.1 Å². The van der Waals surface area contributed by atoms with Gasteiger partial charge in [0.25, 0.3) is 0 Å². The number of aromatic hydroxyl groups is 1. The highest BCUT2D eigenvalue weighted by atomic mass is 16.5. The van der Waals surface area contributed by atoms with E-state index in [1.165, 1.54) is 18.2 Å². The summed E-state index contributed by atoms with van der Waals surface area (Å²) in [7, 11) is 2.99. The van der Waals surface area contributed by atoms with Crippen molar-refractivity contribution in [2.45, 2.75) is 69.7 Å². The number of likely N-dealkylation sites (tertiary alicyclic amines) is 3. The Kier molecular flexibility index (Phi) is 22.0. The zero-order valence-electron chi connectivity index (χ0n) is 59.7. The van der Waals surface area contributed by atoms with Crippen LogP contribution in [0.4, 0.5) is 27.9 Å². The summed E-state index contributed by atoms with van der Waals surface area (Å²) in [6.45, 7) is 20.6. The Balaban J connectivity index is 0.000000126. The highest BCUT2D eigenvalue weighted by Gasteiger charge is 2.31. The maximum Gasteiger partial charge on any atom is 0.411 e. The zero-order chi connectivity index (χ0) is 71.4. The number of nitrogens with one attached hydrogen (secondary N) is 1. The van der Waals surface area contributed by atoms with Crippen LogP contribution in [0.25, 0.3) is 67.3 Å². The molecule has 27 heteroatoms. The number of hydrogen-bond acceptors (Lipinski definition) is 23. The third-order valence-electron chi connectivity index (χ3n) is 20.6. The van der Waals surface area contributed by atoms with Crippen LogP contribution in [-0.2, 0) is 36.8 Å². The summed E-state index contributed by atoms with van der Waals surface area (Å²) in [4.78, 5) is 59.5. The first-order valence-electron chi connectivity index (χ1n) is 36.6. The second kappa shape index (κ2) is 33.0. The monoisotopic (exact) mass is 1420 g/mol. The number of anilines is 4. The molecule has 0 spiro atoms. The highest BCUT2D eigenvalue weighted by Crippen LogP contribution is 2.38. The fourth-order valence-electron chi connectivity index (χ4n) is 14.8. The predicted molar refractivity (Wildman–Crippen MR) is 403 cm³/mol. The minimum absolute atomic E-state index is 0.181. The molecule has 0 atom stereocenters. The van der Waals surface area contributed by atoms with Crippen LogP contribution in [0, 0.1) is 0 Å². The molecule has 11 aromatic rings. The summed E-state index contributed by atoms with van der Waals surface area (Å²) in [6, 6.07) is 40.8. The fraction of sp³-hybridized carbons (Fsp3) is 0.397. The molecule has 6 fully saturated rings. The smallest absolute Gasteiger partial charge is 0.411 e. The van der Waals surface area contributed by atoms with Gasteiger partial charge in [0.15, 0.2) is 40.3 Å². The number of aromatic nitrogens is 13. The third-order valence-corrected chi connectivity index (χ3v) is 20.6. The van der Waals surface area contributed by atoms with Gasteiger partial charge in [-0.2, -0.15) is 15.3 Å². The van der Waals surface area contributed by atoms with Crippen molar-refractivity contribution in [3.8, 4) is 39.9 Å². The van der Waals surface area contributed by atoms with Gasteiger partial charge >= 0.3 is 6.09 Å². The number of amides is 1. The minimum Gasteiger partial charge on any atom is -0.507 e. The lowest BCUT2D eigenvalue weighted by Crippen LogP contribution is -2.37. The van der Waals surface area contributed by atoms with Gasteiger partial charge in [-0.3, -0.25) is 20.1 Å². The number of rotatable bonds is 16. The van der Waals surface area contributed by atoms with Crippen LogP contribution in [0.5, 0.6) is 5.75 Å². The van der Waals surface area contributed by atoms with Crippen molar-refractivity contribution in [2.75, 3.05) is 152 Å². The molecule has 7 aromatic heterocycles. The van der Waals surface area contributed by atoms with Crippen LogP contribution in [0.3, 0.4) is 0 Å². The van der Waals surface area contributed by atoms with Gasteiger partial charge in [-0.25, -0.2) is 48.7 Å². The number of para-hydroxylation sites is 1. The average Bonchev–Trinajstić information content (AvgIpc) is 1.67. The first-order valence-corrected chi connectivity index (χ1v) is 36.6. The molecule has 6 saturated heterocycles. The number of fused-ring (bicyclic) bond motifs is 3. The summed E-state index contributed by atoms with van der Waals surface area (Å²) >= 11 is 0. The number of carbonyl (C=O) groups excluding carboxylic acids is 1. The second-order valence-electron chi connectivity index (χ2n) is 27.1. The van der Waals surface area contributed by atoms with Crippen molar-refractivity contribution in [1.29, 1.82) is 0 Å². The van der Waals surface area contributed by atoms with E-state index in [2.05, 4.69) is 121 Å². The molecular weight excluding hydrogens is 1330 g/mol. The topological polar surface area (TPSA) is 259 Å². The van der Waals surface area contributed by atoms with Crippen LogP contribution in [0.15, 0.2) is 165 Å². The molecule has 0 unspecified atom stereocenters. The standard InChI is InChI=1S/C27H30N6O2.C26H29N7O.C25H31N7O4/c34-24-9-5-4-8-22(24)25-29-26(32-14-16-35-17-15-32)23-18-28-33(27(23)30-25)21-10-12-31(13-11-21)19-20-6-2-1-3-7-20;1-2-4-20(5-3-1)19-31-12-8-22(9-13-31)33-26-23(18-28-33)25(32-14-16-34-17-15-32)29-24(30-26)21-6-10-27-11-7-21;1-17(34-2)30-10-8-20(9-11-30)32-24-21(16-26-32)23(31-12-14-36-15-13-31)28-22(29-24)18-4-6-19(7-5-18)27-25(33)35-3/h1-9,18,21,34H,10-17,19H2;1-7,10-11,18,22H,8-9,12-17,19H2;4-7,16,20H,1,8-15H2,2-3H3,(H,27,33). The summed E-state index contributed by atoms with van der Waals surface area (Å²) in [5, 5.41) is 30.5. The first kappa shape index (κ1) is 70.0. The number of pyridine rings is 1. The van der Waals surface area contributed by atoms with E-state index in [1.807, 2.05) is 77.9 Å². The molecule has 6 aliphatic rings. The SMILES string of the molecule is C=C(OC)N1CCC(n2ncc3c(N4CCOCC4)nc(-c4ccc(NC(=O)OC)cc4)nc32)CC1.Oc1ccccc1-c1nc(N2CCOCC2)c2cnn(C3CCN(Cc4ccccc4)CC3)c2n1.c1ccc(CN2CCC(n3ncc4c(N5CCOCC5)nc(-c5ccncc5)nc43)CC2)cc1. The Labute approximate surface area is 610 Å². The van der Waals surface area contributed by atoms with Crippen LogP contribution in [-0.4, -0.2) is 223 Å². The van der Waals surface area contributed by atoms with Crippen molar-refractivity contribution in [3.05, 3.63) is 176 Å². The maximum atomic E-state index is 11.5. The Bertz CT molecular complexity index is 4700. The molecule has 1 amide bonds. The number of ether oxygens (including phenoxy) is 5. The van der Waals surface area contributed by atoms with Gasteiger partial charge in [0.05, 0.1) is 112 Å². The van der Waals surface area contributed by atoms with Gasteiger partial charge in [-0.05, 0) is 105 Å². The number of benzene rings is 4. The Morgan fingerprint density at radius 1 is 0.467 bits per heavy atom. The number of morpholine rings is 3. The highest BCUT2D eigenvalue weighted by molar-refractivity contribution is 5.91. The van der Waals surface area contributed by atoms with Crippen LogP contribution < -0.4 is 20.0 Å². The number of piperidine rings is 3. The molecule has 105 heavy (non-hydrogen) atoms. The quantitative estimate of drug-likeness (QED) is 0.0852. The largest absolute Gasteiger partial charge is 0.507 e. The molecule has 13 heterocycles. The summed E-state index contributed by atoms with van der Waals surface area (Å²) in [6.07, 6.45) is 14.8. The molecule has 0 aliphatic carbocycles. The van der Waals surface area contributed by atoms with Crippen molar-refractivity contribution < 1.29 is 33.6 Å². The van der Waals surface area contributed by atoms with E-state index in [-0.39, 0.29) is 17.8 Å². The van der Waals surface area contributed by atoms with E-state index in [1.54, 1.807) is 25.6 Å². The first-order chi connectivity index (χ1) is 51.7. The van der Waals surface area contributed by atoms with Crippen LogP contribution in [0.2, 0.25) is 0 Å². The van der Waals surface area contributed by atoms with E-state index < -0.39 is 6.09 Å². The van der Waals surface area contributed by atoms with Crippen molar-refractivity contribution >= 4 is 62.3 Å². The molecule has 4 aromatic carbocycles. The number of phenolic OH excluding ortho intramolecular Hbond substituents is 1. The third kappa shape index (κ3) is 16.2. The average molecular weight is 1420 g/mol. The fourth-order valence-corrected chi connectivity index (χ4v) is 14.8. The normalized spacial score (nSPS) is 17.5. The molecule has 2 N–H and O–H groups in total. The molecule has 6 aliphatic heterocycles. The number of phenols is 1. The summed E-state index contributed by atoms with van der Waals surface area (Å²) in [5.41, 5.74) is 8.39. The van der Waals surface area contributed by atoms with Gasteiger partial charge in [-0.1, -0.05) is 72.8 Å². The lowest BCUT2D eigenvalue weighted by molar-refractivity contribution is 0.118. The van der Waals surface area contributed by atoms with E-state index >= 15 is 0 Å². The predicted octanol–water partition coefficient (Wildman–Crippen LogP) is 10.7. The molecule has 0 bridgehead atoms. The van der Waals surface area contributed by atoms with Gasteiger partial charge in [0, 0.05) is 121 Å². The molecule has 0 radical (unpaired) electrons. The number of hydrogen-bond donors (Lipinski definition) is 2. The van der Waals surface area contributed by atoms with E-state index in [0.717, 1.165) is 198 Å².